The zero-order valence-electron chi connectivity index (χ0n) is 13.5. The van der Waals surface area contributed by atoms with Gasteiger partial charge in [-0.15, -0.1) is 0 Å². The number of halogens is 1. The zero-order valence-corrected chi connectivity index (χ0v) is 15.1. The second-order valence-electron chi connectivity index (χ2n) is 6.67. The molecule has 1 aromatic carbocycles. The lowest BCUT2D eigenvalue weighted by Gasteiger charge is -2.41. The maximum absolute atomic E-state index is 12.2. The number of aromatic amines is 1. The SMILES string of the molecule is CC(C)(CNC(=O)c1cc(Br)c[nH]1)N1CCc2ccccc2C1. The summed E-state index contributed by atoms with van der Waals surface area (Å²) >= 11 is 3.35. The molecule has 0 aliphatic carbocycles. The van der Waals surface area contributed by atoms with Gasteiger partial charge in [0.05, 0.1) is 0 Å². The number of hydrogen-bond donors (Lipinski definition) is 2. The summed E-state index contributed by atoms with van der Waals surface area (Å²) in [5.41, 5.74) is 3.33. The summed E-state index contributed by atoms with van der Waals surface area (Å²) in [6.07, 6.45) is 2.83. The third-order valence-corrected chi connectivity index (χ3v) is 5.02. The highest BCUT2D eigenvalue weighted by Gasteiger charge is 2.30. The first-order valence-corrected chi connectivity index (χ1v) is 8.69. The smallest absolute Gasteiger partial charge is 0.267 e. The third-order valence-electron chi connectivity index (χ3n) is 4.56. The minimum Gasteiger partial charge on any atom is -0.356 e. The molecule has 0 spiro atoms. The molecule has 1 amide bonds. The lowest BCUT2D eigenvalue weighted by Crippen LogP contribution is -2.53. The molecule has 23 heavy (non-hydrogen) atoms. The van der Waals surface area contributed by atoms with Crippen LogP contribution in [0.2, 0.25) is 0 Å². The number of fused-ring (bicyclic) bond motifs is 1. The van der Waals surface area contributed by atoms with Gasteiger partial charge in [-0.3, -0.25) is 9.69 Å². The van der Waals surface area contributed by atoms with Crippen LogP contribution in [0, 0.1) is 0 Å². The van der Waals surface area contributed by atoms with E-state index in [-0.39, 0.29) is 11.4 Å². The minimum atomic E-state index is -0.0903. The van der Waals surface area contributed by atoms with E-state index in [0.717, 1.165) is 24.0 Å². The summed E-state index contributed by atoms with van der Waals surface area (Å²) in [4.78, 5) is 17.6. The molecule has 0 radical (unpaired) electrons. The Kier molecular flexibility index (Phi) is 4.60. The number of rotatable bonds is 4. The van der Waals surface area contributed by atoms with Gasteiger partial charge in [0.15, 0.2) is 0 Å². The molecule has 0 saturated heterocycles. The van der Waals surface area contributed by atoms with Crippen molar-refractivity contribution in [2.45, 2.75) is 32.4 Å². The van der Waals surface area contributed by atoms with Crippen molar-refractivity contribution in [3.63, 3.8) is 0 Å². The quantitative estimate of drug-likeness (QED) is 0.860. The molecule has 2 N–H and O–H groups in total. The molecule has 2 heterocycles. The van der Waals surface area contributed by atoms with Crippen LogP contribution in [0.5, 0.6) is 0 Å². The lowest BCUT2D eigenvalue weighted by atomic mass is 9.94. The van der Waals surface area contributed by atoms with E-state index < -0.39 is 0 Å². The van der Waals surface area contributed by atoms with Gasteiger partial charge in [0.2, 0.25) is 0 Å². The van der Waals surface area contributed by atoms with E-state index in [2.05, 4.69) is 69.2 Å². The molecule has 0 atom stereocenters. The summed E-state index contributed by atoms with van der Waals surface area (Å²) in [6.45, 7) is 6.95. The van der Waals surface area contributed by atoms with E-state index in [1.54, 1.807) is 12.3 Å². The van der Waals surface area contributed by atoms with E-state index in [0.29, 0.717) is 12.2 Å². The zero-order chi connectivity index (χ0) is 16.4. The van der Waals surface area contributed by atoms with Crippen LogP contribution >= 0.6 is 15.9 Å². The molecule has 0 fully saturated rings. The fourth-order valence-corrected chi connectivity index (χ4v) is 3.36. The Labute approximate surface area is 145 Å². The third kappa shape index (κ3) is 3.67. The van der Waals surface area contributed by atoms with Gasteiger partial charge < -0.3 is 10.3 Å². The van der Waals surface area contributed by atoms with Crippen molar-refractivity contribution < 1.29 is 4.79 Å². The standard InChI is InChI=1S/C18H22BrN3O/c1-18(2,12-21-17(23)16-9-15(19)10-20-16)22-8-7-13-5-3-4-6-14(13)11-22/h3-6,9-10,20H,7-8,11-12H2,1-2H3,(H,21,23). The largest absolute Gasteiger partial charge is 0.356 e. The molecule has 4 nitrogen and oxygen atoms in total. The van der Waals surface area contributed by atoms with Gasteiger partial charge >= 0.3 is 0 Å². The van der Waals surface area contributed by atoms with E-state index in [4.69, 9.17) is 0 Å². The van der Waals surface area contributed by atoms with Gasteiger partial charge in [-0.25, -0.2) is 0 Å². The number of carbonyl (C=O) groups excluding carboxylic acids is 1. The molecule has 3 rings (SSSR count). The number of amides is 1. The maximum Gasteiger partial charge on any atom is 0.267 e. The Morgan fingerprint density at radius 2 is 2.09 bits per heavy atom. The Morgan fingerprint density at radius 1 is 1.35 bits per heavy atom. The van der Waals surface area contributed by atoms with Crippen LogP contribution in [0.3, 0.4) is 0 Å². The Morgan fingerprint density at radius 3 is 2.78 bits per heavy atom. The topological polar surface area (TPSA) is 48.1 Å². The molecular formula is C18H22BrN3O. The molecule has 5 heteroatoms. The minimum absolute atomic E-state index is 0.0683. The molecule has 122 valence electrons. The molecular weight excluding hydrogens is 354 g/mol. The number of carbonyl (C=O) groups is 1. The van der Waals surface area contributed by atoms with Crippen molar-refractivity contribution in [1.82, 2.24) is 15.2 Å². The molecule has 0 unspecified atom stereocenters. The summed E-state index contributed by atoms with van der Waals surface area (Å²) in [5.74, 6) is -0.0683. The molecule has 1 aliphatic heterocycles. The summed E-state index contributed by atoms with van der Waals surface area (Å²) < 4.78 is 0.884. The first-order valence-electron chi connectivity index (χ1n) is 7.90. The second-order valence-corrected chi connectivity index (χ2v) is 7.58. The van der Waals surface area contributed by atoms with E-state index >= 15 is 0 Å². The first kappa shape index (κ1) is 16.3. The van der Waals surface area contributed by atoms with Crippen LogP contribution in [0.1, 0.15) is 35.5 Å². The van der Waals surface area contributed by atoms with Gasteiger partial charge in [0.25, 0.3) is 5.91 Å². The monoisotopic (exact) mass is 375 g/mol. The number of nitrogens with zero attached hydrogens (tertiary/aromatic N) is 1. The predicted molar refractivity (Wildman–Crippen MR) is 95.5 cm³/mol. The number of benzene rings is 1. The fourth-order valence-electron chi connectivity index (χ4n) is 3.02. The van der Waals surface area contributed by atoms with Crippen LogP contribution in [0.4, 0.5) is 0 Å². The number of hydrogen-bond acceptors (Lipinski definition) is 2. The van der Waals surface area contributed by atoms with E-state index in [1.807, 2.05) is 0 Å². The number of H-pyrrole nitrogens is 1. The highest BCUT2D eigenvalue weighted by molar-refractivity contribution is 9.10. The van der Waals surface area contributed by atoms with Crippen molar-refractivity contribution in [3.05, 3.63) is 57.8 Å². The van der Waals surface area contributed by atoms with Crippen molar-refractivity contribution in [2.24, 2.45) is 0 Å². The first-order chi connectivity index (χ1) is 11.0. The Bertz CT molecular complexity index is 708. The van der Waals surface area contributed by atoms with Crippen molar-refractivity contribution >= 4 is 21.8 Å². The second kappa shape index (κ2) is 6.49. The highest BCUT2D eigenvalue weighted by atomic mass is 79.9. The van der Waals surface area contributed by atoms with Crippen molar-refractivity contribution in [3.8, 4) is 0 Å². The average Bonchev–Trinajstić information content (AvgIpc) is 2.99. The molecule has 0 bridgehead atoms. The molecule has 1 aromatic heterocycles. The lowest BCUT2D eigenvalue weighted by molar-refractivity contribution is 0.0823. The van der Waals surface area contributed by atoms with Crippen molar-refractivity contribution in [1.29, 1.82) is 0 Å². The van der Waals surface area contributed by atoms with E-state index in [9.17, 15) is 4.79 Å². The summed E-state index contributed by atoms with van der Waals surface area (Å²) in [6, 6.07) is 10.4. The Balaban J connectivity index is 1.62. The maximum atomic E-state index is 12.2. The predicted octanol–water partition coefficient (Wildman–Crippen LogP) is 3.34. The average molecular weight is 376 g/mol. The highest BCUT2D eigenvalue weighted by Crippen LogP contribution is 2.25. The van der Waals surface area contributed by atoms with Crippen molar-refractivity contribution in [2.75, 3.05) is 13.1 Å². The molecule has 2 aromatic rings. The van der Waals surface area contributed by atoms with Gasteiger partial charge in [-0.1, -0.05) is 24.3 Å². The summed E-state index contributed by atoms with van der Waals surface area (Å²) in [5, 5.41) is 3.04. The van der Waals surface area contributed by atoms with Crippen LogP contribution in [0.25, 0.3) is 0 Å². The number of aromatic nitrogens is 1. The Hall–Kier alpha value is -1.59. The van der Waals surface area contributed by atoms with Crippen LogP contribution in [0.15, 0.2) is 41.0 Å². The summed E-state index contributed by atoms with van der Waals surface area (Å²) in [7, 11) is 0. The van der Waals surface area contributed by atoms with Gasteiger partial charge in [0.1, 0.15) is 5.69 Å². The number of nitrogens with one attached hydrogen (secondary N) is 2. The van der Waals surface area contributed by atoms with Gasteiger partial charge in [-0.2, -0.15) is 0 Å². The van der Waals surface area contributed by atoms with Crippen LogP contribution < -0.4 is 5.32 Å². The van der Waals surface area contributed by atoms with Crippen LogP contribution in [-0.4, -0.2) is 34.4 Å². The van der Waals surface area contributed by atoms with Gasteiger partial charge in [-0.05, 0) is 53.4 Å². The molecule has 1 aliphatic rings. The van der Waals surface area contributed by atoms with Gasteiger partial charge in [0, 0.05) is 35.8 Å². The van der Waals surface area contributed by atoms with E-state index in [1.165, 1.54) is 11.1 Å². The fraction of sp³-hybridized carbons (Fsp3) is 0.389. The normalized spacial score (nSPS) is 15.3. The molecule has 0 saturated carbocycles. The van der Waals surface area contributed by atoms with Crippen LogP contribution in [-0.2, 0) is 13.0 Å².